The molecule has 2 aromatic rings. The normalized spacial score (nSPS) is 10.7. The summed E-state index contributed by atoms with van der Waals surface area (Å²) in [5.41, 5.74) is 3.47. The van der Waals surface area contributed by atoms with Gasteiger partial charge in [-0.1, -0.05) is 6.07 Å². The van der Waals surface area contributed by atoms with Crippen LogP contribution in [0.4, 0.5) is 0 Å². The molecule has 0 radical (unpaired) electrons. The fraction of sp³-hybridized carbons (Fsp3) is 0.214. The lowest BCUT2D eigenvalue weighted by molar-refractivity contribution is 0.0948. The van der Waals surface area contributed by atoms with Crippen LogP contribution in [0.1, 0.15) is 16.1 Å². The average Bonchev–Trinajstić information content (AvgIpc) is 2.85. The van der Waals surface area contributed by atoms with Gasteiger partial charge >= 0.3 is 0 Å². The van der Waals surface area contributed by atoms with Crippen LogP contribution in [0.5, 0.6) is 11.5 Å². The highest BCUT2D eigenvalue weighted by molar-refractivity contribution is 14.1. The van der Waals surface area contributed by atoms with Crippen molar-refractivity contribution in [2.75, 3.05) is 14.2 Å². The predicted octanol–water partition coefficient (Wildman–Crippen LogP) is 1.81. The maximum atomic E-state index is 12.0. The highest BCUT2D eigenvalue weighted by Crippen LogP contribution is 2.29. The topological polar surface area (TPSA) is 77.7 Å². The Kier molecular flexibility index (Phi) is 5.36. The Labute approximate surface area is 141 Å². The zero-order valence-corrected chi connectivity index (χ0v) is 14.5. The molecule has 0 bridgehead atoms. The second-order valence-electron chi connectivity index (χ2n) is 4.28. The molecule has 8 heteroatoms. The number of hydrazone groups is 1. The van der Waals surface area contributed by atoms with Gasteiger partial charge in [-0.05, 0) is 34.7 Å². The van der Waals surface area contributed by atoms with Crippen LogP contribution in [0.2, 0.25) is 0 Å². The molecular formula is C14H15IN4O3. The SMILES string of the molecule is COc1cccc(/C=N\NC(=O)c2nn(C)cc2I)c1OC. The van der Waals surface area contributed by atoms with Gasteiger partial charge in [-0.15, -0.1) is 0 Å². The van der Waals surface area contributed by atoms with Crippen molar-refractivity contribution in [3.8, 4) is 11.5 Å². The number of benzene rings is 1. The second-order valence-corrected chi connectivity index (χ2v) is 5.44. The Morgan fingerprint density at radius 2 is 2.18 bits per heavy atom. The monoisotopic (exact) mass is 414 g/mol. The number of amides is 1. The third-order valence-corrected chi connectivity index (χ3v) is 3.59. The molecule has 2 rings (SSSR count). The summed E-state index contributed by atoms with van der Waals surface area (Å²) in [6.45, 7) is 0. The number of hydrogen-bond donors (Lipinski definition) is 1. The number of methoxy groups -OCH3 is 2. The molecule has 0 saturated carbocycles. The van der Waals surface area contributed by atoms with Gasteiger partial charge < -0.3 is 9.47 Å². The summed E-state index contributed by atoms with van der Waals surface area (Å²) in [5, 5.41) is 8.02. The van der Waals surface area contributed by atoms with Crippen LogP contribution in [0.25, 0.3) is 0 Å². The Bertz CT molecular complexity index is 712. The maximum Gasteiger partial charge on any atom is 0.292 e. The molecule has 0 aliphatic carbocycles. The number of halogens is 1. The van der Waals surface area contributed by atoms with Gasteiger partial charge in [0.15, 0.2) is 17.2 Å². The van der Waals surface area contributed by atoms with Crippen LogP contribution in [-0.2, 0) is 7.05 Å². The maximum absolute atomic E-state index is 12.0. The Morgan fingerprint density at radius 1 is 1.41 bits per heavy atom. The number of hydrogen-bond acceptors (Lipinski definition) is 5. The molecular weight excluding hydrogens is 399 g/mol. The molecule has 0 unspecified atom stereocenters. The number of para-hydroxylation sites is 1. The van der Waals surface area contributed by atoms with Crippen molar-refractivity contribution >= 4 is 34.7 Å². The van der Waals surface area contributed by atoms with E-state index in [1.54, 1.807) is 38.2 Å². The minimum Gasteiger partial charge on any atom is -0.493 e. The van der Waals surface area contributed by atoms with Gasteiger partial charge in [0, 0.05) is 18.8 Å². The fourth-order valence-electron chi connectivity index (χ4n) is 1.84. The van der Waals surface area contributed by atoms with Crippen LogP contribution in [0.15, 0.2) is 29.5 Å². The summed E-state index contributed by atoms with van der Waals surface area (Å²) in [6.07, 6.45) is 3.25. The molecule has 0 fully saturated rings. The quantitative estimate of drug-likeness (QED) is 0.460. The van der Waals surface area contributed by atoms with E-state index < -0.39 is 0 Å². The number of nitrogens with one attached hydrogen (secondary N) is 1. The average molecular weight is 414 g/mol. The van der Waals surface area contributed by atoms with Gasteiger partial charge in [0.1, 0.15) is 0 Å². The summed E-state index contributed by atoms with van der Waals surface area (Å²) in [7, 11) is 4.86. The molecule has 1 aromatic carbocycles. The molecule has 0 saturated heterocycles. The van der Waals surface area contributed by atoms with Crippen LogP contribution in [0, 0.1) is 3.57 Å². The van der Waals surface area contributed by atoms with Gasteiger partial charge in [0.25, 0.3) is 5.91 Å². The van der Waals surface area contributed by atoms with Crippen molar-refractivity contribution in [1.82, 2.24) is 15.2 Å². The van der Waals surface area contributed by atoms with Gasteiger partial charge in [-0.3, -0.25) is 9.48 Å². The van der Waals surface area contributed by atoms with E-state index in [4.69, 9.17) is 9.47 Å². The van der Waals surface area contributed by atoms with E-state index in [1.165, 1.54) is 6.21 Å². The standard InChI is InChI=1S/C14H15IN4O3/c1-19-8-10(15)12(18-19)14(20)17-16-7-9-5-4-6-11(21-2)13(9)22-3/h4-8H,1-3H3,(H,17,20)/b16-7-. The molecule has 0 aliphatic rings. The minimum atomic E-state index is -0.372. The lowest BCUT2D eigenvalue weighted by Crippen LogP contribution is -2.19. The molecule has 0 spiro atoms. The summed E-state index contributed by atoms with van der Waals surface area (Å²) >= 11 is 2.05. The number of carbonyl (C=O) groups excluding carboxylic acids is 1. The first-order valence-corrected chi connectivity index (χ1v) is 7.38. The molecule has 0 atom stereocenters. The Balaban J connectivity index is 2.13. The third kappa shape index (κ3) is 3.56. The number of aromatic nitrogens is 2. The van der Waals surface area contributed by atoms with Crippen LogP contribution in [0.3, 0.4) is 0 Å². The van der Waals surface area contributed by atoms with Crippen molar-refractivity contribution in [2.24, 2.45) is 12.1 Å². The van der Waals surface area contributed by atoms with Crippen molar-refractivity contribution in [2.45, 2.75) is 0 Å². The van der Waals surface area contributed by atoms with Gasteiger partial charge in [-0.2, -0.15) is 10.2 Å². The molecule has 1 N–H and O–H groups in total. The molecule has 0 aliphatic heterocycles. The second kappa shape index (κ2) is 7.25. The molecule has 116 valence electrons. The summed E-state index contributed by atoms with van der Waals surface area (Å²) in [4.78, 5) is 12.0. The smallest absolute Gasteiger partial charge is 0.292 e. The summed E-state index contributed by atoms with van der Waals surface area (Å²) in [6, 6.07) is 5.40. The number of ether oxygens (including phenoxy) is 2. The summed E-state index contributed by atoms with van der Waals surface area (Å²) < 4.78 is 12.8. The number of rotatable bonds is 5. The molecule has 1 aromatic heterocycles. The van der Waals surface area contributed by atoms with E-state index >= 15 is 0 Å². The van der Waals surface area contributed by atoms with Gasteiger partial charge in [0.05, 0.1) is 24.0 Å². The molecule has 22 heavy (non-hydrogen) atoms. The highest BCUT2D eigenvalue weighted by atomic mass is 127. The summed E-state index contributed by atoms with van der Waals surface area (Å²) in [5.74, 6) is 0.774. The fourth-order valence-corrected chi connectivity index (χ4v) is 2.60. The van der Waals surface area contributed by atoms with E-state index in [2.05, 4.69) is 15.6 Å². The first-order valence-electron chi connectivity index (χ1n) is 6.30. The first-order chi connectivity index (χ1) is 10.6. The van der Waals surface area contributed by atoms with E-state index in [0.29, 0.717) is 22.8 Å². The van der Waals surface area contributed by atoms with E-state index in [1.807, 2.05) is 34.7 Å². The largest absolute Gasteiger partial charge is 0.493 e. The van der Waals surface area contributed by atoms with Crippen LogP contribution < -0.4 is 14.9 Å². The number of carbonyl (C=O) groups is 1. The predicted molar refractivity (Wildman–Crippen MR) is 90.5 cm³/mol. The lowest BCUT2D eigenvalue weighted by Gasteiger charge is -2.09. The Hall–Kier alpha value is -2.10. The van der Waals surface area contributed by atoms with E-state index in [-0.39, 0.29) is 5.91 Å². The number of nitrogens with zero attached hydrogens (tertiary/aromatic N) is 3. The van der Waals surface area contributed by atoms with Gasteiger partial charge in [0.2, 0.25) is 0 Å². The molecule has 1 amide bonds. The van der Waals surface area contributed by atoms with Crippen molar-refractivity contribution in [3.63, 3.8) is 0 Å². The van der Waals surface area contributed by atoms with Gasteiger partial charge in [-0.25, -0.2) is 5.43 Å². The lowest BCUT2D eigenvalue weighted by atomic mass is 10.2. The third-order valence-electron chi connectivity index (χ3n) is 2.80. The van der Waals surface area contributed by atoms with Crippen molar-refractivity contribution < 1.29 is 14.3 Å². The Morgan fingerprint density at radius 3 is 2.77 bits per heavy atom. The van der Waals surface area contributed by atoms with Crippen molar-refractivity contribution in [1.29, 1.82) is 0 Å². The van der Waals surface area contributed by atoms with Crippen molar-refractivity contribution in [3.05, 3.63) is 39.2 Å². The first kappa shape index (κ1) is 16.3. The zero-order chi connectivity index (χ0) is 16.1. The molecule has 7 nitrogen and oxygen atoms in total. The minimum absolute atomic E-state index is 0.331. The van der Waals surface area contributed by atoms with Crippen LogP contribution in [-0.4, -0.2) is 36.1 Å². The van der Waals surface area contributed by atoms with E-state index in [0.717, 1.165) is 3.57 Å². The highest BCUT2D eigenvalue weighted by Gasteiger charge is 2.13. The van der Waals surface area contributed by atoms with E-state index in [9.17, 15) is 4.79 Å². The zero-order valence-electron chi connectivity index (χ0n) is 12.3. The number of aryl methyl sites for hydroxylation is 1. The van der Waals surface area contributed by atoms with Crippen LogP contribution >= 0.6 is 22.6 Å². The molecule has 1 heterocycles.